The molecule has 140 valence electrons. The van der Waals surface area contributed by atoms with E-state index < -0.39 is 11.6 Å². The van der Waals surface area contributed by atoms with Crippen molar-refractivity contribution in [2.24, 2.45) is 14.1 Å². The molecule has 2 aromatic rings. The first-order valence-corrected chi connectivity index (χ1v) is 7.72. The molecule has 0 aliphatic rings. The van der Waals surface area contributed by atoms with E-state index in [1.165, 1.54) is 4.57 Å². The molecule has 0 unspecified atom stereocenters. The van der Waals surface area contributed by atoms with Gasteiger partial charge in [-0.15, -0.1) is 0 Å². The number of aromatic carboxylic acids is 1. The third-order valence-electron chi connectivity index (χ3n) is 3.82. The molecule has 0 aliphatic carbocycles. The number of rotatable bonds is 9. The second-order valence-corrected chi connectivity index (χ2v) is 6.31. The Morgan fingerprint density at radius 2 is 2.08 bits per heavy atom. The van der Waals surface area contributed by atoms with Gasteiger partial charge in [0.05, 0.1) is 17.9 Å². The summed E-state index contributed by atoms with van der Waals surface area (Å²) in [5.74, 6) is -1.24. The first-order chi connectivity index (χ1) is 12.2. The summed E-state index contributed by atoms with van der Waals surface area (Å²) >= 11 is 0. The SMILES string of the molecule is Cn1cc(NCC(C)(C)OC=O)cc1-c1c(NC=O)nc(C(=O)O)n1C. The van der Waals surface area contributed by atoms with Gasteiger partial charge in [0.25, 0.3) is 6.47 Å². The number of anilines is 2. The van der Waals surface area contributed by atoms with Gasteiger partial charge in [0.2, 0.25) is 12.2 Å². The predicted octanol–water partition coefficient (Wildman–Crippen LogP) is 1.06. The summed E-state index contributed by atoms with van der Waals surface area (Å²) in [7, 11) is 3.34. The summed E-state index contributed by atoms with van der Waals surface area (Å²) in [4.78, 5) is 36.7. The second kappa shape index (κ2) is 7.30. The number of carbonyl (C=O) groups excluding carboxylic acids is 2. The summed E-state index contributed by atoms with van der Waals surface area (Å²) < 4.78 is 8.16. The van der Waals surface area contributed by atoms with E-state index in [-0.39, 0.29) is 11.6 Å². The Bertz CT molecular complexity index is 836. The van der Waals surface area contributed by atoms with Crippen LogP contribution in [0.1, 0.15) is 24.5 Å². The Morgan fingerprint density at radius 3 is 2.65 bits per heavy atom. The molecule has 0 saturated carbocycles. The van der Waals surface area contributed by atoms with Gasteiger partial charge in [-0.05, 0) is 19.9 Å². The van der Waals surface area contributed by atoms with Crippen LogP contribution in [0.15, 0.2) is 12.3 Å². The lowest BCUT2D eigenvalue weighted by atomic mass is 10.1. The van der Waals surface area contributed by atoms with Crippen LogP contribution in [0.25, 0.3) is 11.4 Å². The maximum absolute atomic E-state index is 11.3. The number of ether oxygens (including phenoxy) is 1. The molecular weight excluding hydrogens is 342 g/mol. The monoisotopic (exact) mass is 363 g/mol. The number of hydrogen-bond acceptors (Lipinski definition) is 6. The first kappa shape index (κ1) is 19.0. The predicted molar refractivity (Wildman–Crippen MR) is 94.0 cm³/mol. The van der Waals surface area contributed by atoms with E-state index in [0.29, 0.717) is 30.8 Å². The van der Waals surface area contributed by atoms with E-state index in [2.05, 4.69) is 15.6 Å². The van der Waals surface area contributed by atoms with Crippen molar-refractivity contribution in [3.05, 3.63) is 18.1 Å². The minimum atomic E-state index is -1.20. The zero-order valence-electron chi connectivity index (χ0n) is 14.9. The fourth-order valence-corrected chi connectivity index (χ4v) is 2.52. The van der Waals surface area contributed by atoms with Crippen molar-refractivity contribution in [3.63, 3.8) is 0 Å². The maximum Gasteiger partial charge on any atom is 0.372 e. The van der Waals surface area contributed by atoms with Crippen LogP contribution >= 0.6 is 0 Å². The van der Waals surface area contributed by atoms with Gasteiger partial charge in [0, 0.05) is 20.3 Å². The molecule has 10 nitrogen and oxygen atoms in total. The molecule has 0 aromatic carbocycles. The second-order valence-electron chi connectivity index (χ2n) is 6.31. The summed E-state index contributed by atoms with van der Waals surface area (Å²) in [6.45, 7) is 4.31. The number of carboxylic acids is 1. The lowest BCUT2D eigenvalue weighted by Crippen LogP contribution is -2.32. The zero-order valence-corrected chi connectivity index (χ0v) is 14.9. The van der Waals surface area contributed by atoms with Crippen LogP contribution in [0, 0.1) is 0 Å². The van der Waals surface area contributed by atoms with Gasteiger partial charge in [-0.25, -0.2) is 9.78 Å². The van der Waals surface area contributed by atoms with Crippen LogP contribution < -0.4 is 10.6 Å². The fourth-order valence-electron chi connectivity index (χ4n) is 2.52. The van der Waals surface area contributed by atoms with Crippen molar-refractivity contribution in [2.45, 2.75) is 19.4 Å². The third-order valence-corrected chi connectivity index (χ3v) is 3.82. The average Bonchev–Trinajstić information content (AvgIpc) is 3.06. The Balaban J connectivity index is 2.38. The summed E-state index contributed by atoms with van der Waals surface area (Å²) in [5, 5.41) is 14.8. The molecule has 3 N–H and O–H groups in total. The molecule has 2 aromatic heterocycles. The number of aryl methyl sites for hydroxylation is 1. The Labute approximate surface area is 149 Å². The number of imidazole rings is 1. The van der Waals surface area contributed by atoms with Crippen molar-refractivity contribution in [1.29, 1.82) is 0 Å². The van der Waals surface area contributed by atoms with E-state index >= 15 is 0 Å². The van der Waals surface area contributed by atoms with Gasteiger partial charge in [-0.3, -0.25) is 9.59 Å². The highest BCUT2D eigenvalue weighted by Gasteiger charge is 2.23. The van der Waals surface area contributed by atoms with Gasteiger partial charge in [-0.2, -0.15) is 0 Å². The van der Waals surface area contributed by atoms with Crippen molar-refractivity contribution in [1.82, 2.24) is 14.1 Å². The van der Waals surface area contributed by atoms with Crippen LogP contribution in [-0.4, -0.2) is 50.2 Å². The zero-order chi connectivity index (χ0) is 19.5. The molecule has 0 saturated heterocycles. The smallest absolute Gasteiger partial charge is 0.372 e. The minimum Gasteiger partial charge on any atom is -0.475 e. The van der Waals surface area contributed by atoms with E-state index in [1.807, 2.05) is 0 Å². The Hall–Kier alpha value is -3.30. The topological polar surface area (TPSA) is 127 Å². The third kappa shape index (κ3) is 3.85. The molecule has 2 rings (SSSR count). The van der Waals surface area contributed by atoms with Crippen LogP contribution in [0.2, 0.25) is 0 Å². The van der Waals surface area contributed by atoms with Gasteiger partial charge in [0.15, 0.2) is 5.82 Å². The first-order valence-electron chi connectivity index (χ1n) is 7.72. The number of amides is 1. The standard InChI is InChI=1S/C16H21N5O5/c1-16(2,26-9-23)7-17-10-5-11(20(3)6-10)12-13(18-8-22)19-14(15(24)25)21(12)4/h5-6,8-9,17H,7H2,1-4H3,(H,18,22)(H,24,25). The highest BCUT2D eigenvalue weighted by atomic mass is 16.5. The van der Waals surface area contributed by atoms with Crippen LogP contribution in [0.4, 0.5) is 11.5 Å². The number of carboxylic acid groups (broad SMARTS) is 1. The highest BCUT2D eigenvalue weighted by molar-refractivity contribution is 5.89. The van der Waals surface area contributed by atoms with E-state index in [4.69, 9.17) is 4.74 Å². The van der Waals surface area contributed by atoms with Crippen LogP contribution in [-0.2, 0) is 28.4 Å². The van der Waals surface area contributed by atoms with Gasteiger partial charge in [-0.1, -0.05) is 0 Å². The van der Waals surface area contributed by atoms with E-state index in [0.717, 1.165) is 5.69 Å². The molecule has 0 fully saturated rings. The largest absolute Gasteiger partial charge is 0.475 e. The van der Waals surface area contributed by atoms with E-state index in [1.54, 1.807) is 44.8 Å². The van der Waals surface area contributed by atoms with Crippen molar-refractivity contribution >= 4 is 30.4 Å². The number of nitrogens with zero attached hydrogens (tertiary/aromatic N) is 3. The average molecular weight is 363 g/mol. The lowest BCUT2D eigenvalue weighted by molar-refractivity contribution is -0.139. The van der Waals surface area contributed by atoms with Crippen LogP contribution in [0.3, 0.4) is 0 Å². The molecule has 0 aliphatic heterocycles. The Morgan fingerprint density at radius 1 is 1.38 bits per heavy atom. The van der Waals surface area contributed by atoms with Crippen molar-refractivity contribution in [2.75, 3.05) is 17.2 Å². The molecule has 0 bridgehead atoms. The molecule has 0 spiro atoms. The number of aromatic nitrogens is 3. The molecule has 1 amide bonds. The number of carbonyl (C=O) groups is 3. The van der Waals surface area contributed by atoms with Crippen molar-refractivity contribution < 1.29 is 24.2 Å². The number of hydrogen-bond donors (Lipinski definition) is 3. The maximum atomic E-state index is 11.3. The molecule has 2 heterocycles. The summed E-state index contributed by atoms with van der Waals surface area (Å²) in [6.07, 6.45) is 2.24. The fraction of sp³-hybridized carbons (Fsp3) is 0.375. The van der Waals surface area contributed by atoms with Gasteiger partial charge >= 0.3 is 5.97 Å². The molecular formula is C16H21N5O5. The van der Waals surface area contributed by atoms with Gasteiger partial charge < -0.3 is 29.6 Å². The molecule has 26 heavy (non-hydrogen) atoms. The highest BCUT2D eigenvalue weighted by Crippen LogP contribution is 2.31. The Kier molecular flexibility index (Phi) is 5.34. The molecule has 10 heteroatoms. The quantitative estimate of drug-likeness (QED) is 0.568. The van der Waals surface area contributed by atoms with Crippen LogP contribution in [0.5, 0.6) is 0 Å². The number of nitrogens with one attached hydrogen (secondary N) is 2. The van der Waals surface area contributed by atoms with Crippen molar-refractivity contribution in [3.8, 4) is 11.4 Å². The molecule has 0 atom stereocenters. The minimum absolute atomic E-state index is 0.150. The van der Waals surface area contributed by atoms with Gasteiger partial charge in [0.1, 0.15) is 11.3 Å². The van der Waals surface area contributed by atoms with E-state index in [9.17, 15) is 19.5 Å². The summed E-state index contributed by atoms with van der Waals surface area (Å²) in [5.41, 5.74) is 1.15. The lowest BCUT2D eigenvalue weighted by Gasteiger charge is -2.22. The normalized spacial score (nSPS) is 11.1. The summed E-state index contributed by atoms with van der Waals surface area (Å²) in [6, 6.07) is 1.79. The molecule has 0 radical (unpaired) electrons.